The summed E-state index contributed by atoms with van der Waals surface area (Å²) in [7, 11) is 0. The molecule has 0 aliphatic heterocycles. The van der Waals surface area contributed by atoms with Crippen molar-refractivity contribution in [3.8, 4) is 0 Å². The van der Waals surface area contributed by atoms with Crippen LogP contribution in [0.2, 0.25) is 0 Å². The minimum atomic E-state index is -0.0826. The molecule has 0 heterocycles. The Labute approximate surface area is 134 Å². The van der Waals surface area contributed by atoms with Crippen LogP contribution in [0.25, 0.3) is 0 Å². The predicted molar refractivity (Wildman–Crippen MR) is 87.3 cm³/mol. The first-order valence-electron chi connectivity index (χ1n) is 9.31. The number of fused-ring (bicyclic) bond motifs is 5. The number of aliphatic hydroxyl groups excluding tert-OH is 1. The van der Waals surface area contributed by atoms with Gasteiger partial charge >= 0.3 is 0 Å². The highest BCUT2D eigenvalue weighted by Crippen LogP contribution is 2.65. The maximum atomic E-state index is 11.3. The highest BCUT2D eigenvalue weighted by Gasteiger charge is 2.59. The van der Waals surface area contributed by atoms with Crippen molar-refractivity contribution in [2.75, 3.05) is 0 Å². The molecule has 2 heteroatoms. The number of aliphatic hydroxyl groups is 1. The summed E-state index contributed by atoms with van der Waals surface area (Å²) in [6.45, 7) is 4.82. The van der Waals surface area contributed by atoms with Crippen molar-refractivity contribution in [2.24, 2.45) is 34.5 Å². The SMILES string of the molecule is C[C@]12CC(C=O)=CC[C@@H]1CC[C@H]1[C@@H]2CC[C@]2(C)[C@@H](O)CC[C@@H]12. The molecule has 3 fully saturated rings. The third-order valence-corrected chi connectivity index (χ3v) is 8.42. The van der Waals surface area contributed by atoms with E-state index in [2.05, 4.69) is 19.9 Å². The van der Waals surface area contributed by atoms with Crippen molar-refractivity contribution in [1.82, 2.24) is 0 Å². The fourth-order valence-electron chi connectivity index (χ4n) is 7.07. The molecule has 0 amide bonds. The molecule has 0 aromatic carbocycles. The van der Waals surface area contributed by atoms with Crippen molar-refractivity contribution in [3.05, 3.63) is 11.6 Å². The number of hydrogen-bond donors (Lipinski definition) is 1. The van der Waals surface area contributed by atoms with Gasteiger partial charge in [-0.25, -0.2) is 0 Å². The van der Waals surface area contributed by atoms with Crippen molar-refractivity contribution in [2.45, 2.75) is 71.3 Å². The molecular weight excluding hydrogens is 272 g/mol. The van der Waals surface area contributed by atoms with Crippen LogP contribution < -0.4 is 0 Å². The Morgan fingerprint density at radius 3 is 2.64 bits per heavy atom. The van der Waals surface area contributed by atoms with E-state index in [1.54, 1.807) is 0 Å². The van der Waals surface area contributed by atoms with Gasteiger partial charge in [0.2, 0.25) is 0 Å². The molecule has 1 N–H and O–H groups in total. The zero-order valence-electron chi connectivity index (χ0n) is 14.1. The van der Waals surface area contributed by atoms with Crippen molar-refractivity contribution in [3.63, 3.8) is 0 Å². The fraction of sp³-hybridized carbons (Fsp3) is 0.850. The maximum Gasteiger partial charge on any atom is 0.145 e. The molecule has 7 atom stereocenters. The molecule has 0 aromatic heterocycles. The fourth-order valence-corrected chi connectivity index (χ4v) is 7.07. The van der Waals surface area contributed by atoms with Gasteiger partial charge in [0.15, 0.2) is 0 Å². The number of aldehydes is 1. The van der Waals surface area contributed by atoms with Crippen LogP contribution in [0.1, 0.15) is 65.2 Å². The van der Waals surface area contributed by atoms with Gasteiger partial charge in [-0.3, -0.25) is 4.79 Å². The zero-order valence-corrected chi connectivity index (χ0v) is 14.1. The maximum absolute atomic E-state index is 11.3. The standard InChI is InChI=1S/C20H30O2/c1-19-10-9-17-15(16(19)7-8-18(19)22)6-5-14-4-3-13(12-21)11-20(14,17)2/h3,12,14-18,22H,4-11H2,1-2H3/t14-,15-,16+,17+,18+,19+,20+/m1/s1. The lowest BCUT2D eigenvalue weighted by atomic mass is 9.45. The normalized spacial score (nSPS) is 54.0. The summed E-state index contributed by atoms with van der Waals surface area (Å²) in [4.78, 5) is 11.3. The highest BCUT2D eigenvalue weighted by atomic mass is 16.3. The molecule has 0 aromatic rings. The molecule has 0 bridgehead atoms. The zero-order chi connectivity index (χ0) is 15.5. The smallest absolute Gasteiger partial charge is 0.145 e. The summed E-state index contributed by atoms with van der Waals surface area (Å²) >= 11 is 0. The summed E-state index contributed by atoms with van der Waals surface area (Å²) in [5, 5.41) is 10.5. The van der Waals surface area contributed by atoms with E-state index in [0.29, 0.717) is 11.3 Å². The quantitative estimate of drug-likeness (QED) is 0.740. The van der Waals surface area contributed by atoms with E-state index in [1.807, 2.05) is 0 Å². The Hall–Kier alpha value is -0.630. The lowest BCUT2D eigenvalue weighted by Gasteiger charge is -2.59. The van der Waals surface area contributed by atoms with Crippen LogP contribution in [-0.2, 0) is 4.79 Å². The topological polar surface area (TPSA) is 37.3 Å². The second kappa shape index (κ2) is 4.93. The molecule has 4 aliphatic carbocycles. The molecule has 3 saturated carbocycles. The Bertz CT molecular complexity index is 510. The van der Waals surface area contributed by atoms with E-state index < -0.39 is 0 Å². The van der Waals surface area contributed by atoms with Crippen LogP contribution >= 0.6 is 0 Å². The Balaban J connectivity index is 1.66. The van der Waals surface area contributed by atoms with Gasteiger partial charge in [-0.05, 0) is 91.4 Å². The van der Waals surface area contributed by atoms with Gasteiger partial charge in [-0.2, -0.15) is 0 Å². The van der Waals surface area contributed by atoms with Gasteiger partial charge in [0.25, 0.3) is 0 Å². The van der Waals surface area contributed by atoms with Crippen LogP contribution in [0.4, 0.5) is 0 Å². The summed E-state index contributed by atoms with van der Waals surface area (Å²) in [6.07, 6.45) is 12.7. The van der Waals surface area contributed by atoms with E-state index in [1.165, 1.54) is 32.1 Å². The van der Waals surface area contributed by atoms with Gasteiger partial charge in [0.05, 0.1) is 6.10 Å². The molecule has 122 valence electrons. The van der Waals surface area contributed by atoms with Crippen molar-refractivity contribution in [1.29, 1.82) is 0 Å². The Morgan fingerprint density at radius 1 is 1.09 bits per heavy atom. The third kappa shape index (κ3) is 1.85. The third-order valence-electron chi connectivity index (χ3n) is 8.42. The number of carbonyl (C=O) groups is 1. The minimum Gasteiger partial charge on any atom is -0.393 e. The first-order valence-corrected chi connectivity index (χ1v) is 9.31. The van der Waals surface area contributed by atoms with Crippen molar-refractivity contribution >= 4 is 6.29 Å². The molecule has 0 unspecified atom stereocenters. The lowest BCUT2D eigenvalue weighted by molar-refractivity contribution is -0.115. The number of hydrogen-bond acceptors (Lipinski definition) is 2. The monoisotopic (exact) mass is 302 g/mol. The minimum absolute atomic E-state index is 0.0826. The van der Waals surface area contributed by atoms with Crippen LogP contribution in [0.15, 0.2) is 11.6 Å². The van der Waals surface area contributed by atoms with E-state index >= 15 is 0 Å². The summed E-state index contributed by atoms with van der Waals surface area (Å²) in [5.74, 6) is 3.03. The largest absolute Gasteiger partial charge is 0.393 e. The first kappa shape index (κ1) is 14.9. The van der Waals surface area contributed by atoms with Crippen LogP contribution in [0, 0.1) is 34.5 Å². The first-order chi connectivity index (χ1) is 10.5. The highest BCUT2D eigenvalue weighted by molar-refractivity contribution is 5.73. The van der Waals surface area contributed by atoms with Crippen molar-refractivity contribution < 1.29 is 9.90 Å². The molecule has 2 nitrogen and oxygen atoms in total. The molecule has 4 rings (SSSR count). The Morgan fingerprint density at radius 2 is 1.86 bits per heavy atom. The lowest BCUT2D eigenvalue weighted by Crippen LogP contribution is -2.53. The second-order valence-corrected chi connectivity index (χ2v) is 9.10. The van der Waals surface area contributed by atoms with Gasteiger partial charge < -0.3 is 5.11 Å². The number of rotatable bonds is 1. The number of carbonyl (C=O) groups excluding carboxylic acids is 1. The summed E-state index contributed by atoms with van der Waals surface area (Å²) in [5.41, 5.74) is 1.53. The summed E-state index contributed by atoms with van der Waals surface area (Å²) in [6, 6.07) is 0. The molecule has 0 radical (unpaired) electrons. The summed E-state index contributed by atoms with van der Waals surface area (Å²) < 4.78 is 0. The average Bonchev–Trinajstić information content (AvgIpc) is 2.81. The van der Waals surface area contributed by atoms with E-state index in [4.69, 9.17) is 0 Å². The molecule has 4 aliphatic rings. The molecule has 0 spiro atoms. The van der Waals surface area contributed by atoms with Crippen LogP contribution in [0.3, 0.4) is 0 Å². The van der Waals surface area contributed by atoms with E-state index in [9.17, 15) is 9.90 Å². The van der Waals surface area contributed by atoms with E-state index in [0.717, 1.165) is 48.9 Å². The molecular formula is C20H30O2. The Kier molecular flexibility index (Phi) is 3.35. The predicted octanol–water partition coefficient (Wildman–Crippen LogP) is 4.13. The molecule has 0 saturated heterocycles. The number of allylic oxidation sites excluding steroid dienone is 2. The van der Waals surface area contributed by atoms with Gasteiger partial charge in [-0.15, -0.1) is 0 Å². The second-order valence-electron chi connectivity index (χ2n) is 9.10. The van der Waals surface area contributed by atoms with Gasteiger partial charge in [0, 0.05) is 0 Å². The van der Waals surface area contributed by atoms with Crippen LogP contribution in [0.5, 0.6) is 0 Å². The van der Waals surface area contributed by atoms with Gasteiger partial charge in [-0.1, -0.05) is 19.9 Å². The van der Waals surface area contributed by atoms with Gasteiger partial charge in [0.1, 0.15) is 6.29 Å². The van der Waals surface area contributed by atoms with Crippen LogP contribution in [-0.4, -0.2) is 17.5 Å². The van der Waals surface area contributed by atoms with E-state index in [-0.39, 0.29) is 11.5 Å². The molecule has 22 heavy (non-hydrogen) atoms. The average molecular weight is 302 g/mol.